The molecule has 3 nitrogen and oxygen atoms in total. The van der Waals surface area contributed by atoms with Crippen molar-refractivity contribution < 1.29 is 4.84 Å². The van der Waals surface area contributed by atoms with Crippen LogP contribution in [-0.2, 0) is 4.84 Å². The van der Waals surface area contributed by atoms with Crippen molar-refractivity contribution in [3.8, 4) is 11.1 Å². The van der Waals surface area contributed by atoms with E-state index >= 15 is 0 Å². The molecule has 0 saturated heterocycles. The molecular weight excluding hydrogens is 188 g/mol. The Morgan fingerprint density at radius 2 is 1.87 bits per heavy atom. The van der Waals surface area contributed by atoms with Crippen molar-refractivity contribution in [3.63, 3.8) is 0 Å². The smallest absolute Gasteiger partial charge is 0.157 e. The molecule has 1 aromatic carbocycles. The molecule has 3 heteroatoms. The molecule has 0 unspecified atom stereocenters. The predicted molar refractivity (Wildman–Crippen MR) is 60.3 cm³/mol. The van der Waals surface area contributed by atoms with Gasteiger partial charge in [0, 0.05) is 11.8 Å². The second kappa shape index (κ2) is 4.57. The average Bonchev–Trinajstić information content (AvgIpc) is 2.31. The average molecular weight is 200 g/mol. The Morgan fingerprint density at radius 1 is 1.07 bits per heavy atom. The van der Waals surface area contributed by atoms with Crippen molar-refractivity contribution >= 4 is 5.82 Å². The molecule has 0 fully saturated rings. The maximum atomic E-state index is 4.88. The van der Waals surface area contributed by atoms with Crippen molar-refractivity contribution in [1.29, 1.82) is 0 Å². The van der Waals surface area contributed by atoms with Gasteiger partial charge in [0.25, 0.3) is 0 Å². The Labute approximate surface area is 88.7 Å². The minimum absolute atomic E-state index is 0.728. The van der Waals surface area contributed by atoms with Gasteiger partial charge in [0.15, 0.2) is 5.82 Å². The minimum Gasteiger partial charge on any atom is -0.278 e. The fourth-order valence-corrected chi connectivity index (χ4v) is 1.43. The first kappa shape index (κ1) is 9.68. The number of aromatic nitrogens is 1. The van der Waals surface area contributed by atoms with Crippen LogP contribution in [0, 0.1) is 0 Å². The zero-order valence-corrected chi connectivity index (χ0v) is 8.47. The van der Waals surface area contributed by atoms with E-state index in [0.29, 0.717) is 0 Å². The SMILES string of the molecule is CONc1ncccc1-c1ccccc1. The molecule has 0 amide bonds. The second-order valence-corrected chi connectivity index (χ2v) is 3.07. The molecule has 0 aliphatic rings. The molecule has 2 rings (SSSR count). The van der Waals surface area contributed by atoms with Crippen LogP contribution in [0.15, 0.2) is 48.7 Å². The van der Waals surface area contributed by atoms with E-state index in [0.717, 1.165) is 16.9 Å². The highest BCUT2D eigenvalue weighted by Gasteiger charge is 2.03. The molecule has 0 bridgehead atoms. The first-order valence-electron chi connectivity index (χ1n) is 4.71. The Morgan fingerprint density at radius 3 is 2.60 bits per heavy atom. The lowest BCUT2D eigenvalue weighted by atomic mass is 10.1. The topological polar surface area (TPSA) is 34.1 Å². The summed E-state index contributed by atoms with van der Waals surface area (Å²) in [5.41, 5.74) is 4.91. The van der Waals surface area contributed by atoms with Crippen LogP contribution >= 0.6 is 0 Å². The Hall–Kier alpha value is -1.87. The van der Waals surface area contributed by atoms with Gasteiger partial charge in [0.05, 0.1) is 7.11 Å². The lowest BCUT2D eigenvalue weighted by molar-refractivity contribution is 0.269. The summed E-state index contributed by atoms with van der Waals surface area (Å²) in [6, 6.07) is 14.0. The quantitative estimate of drug-likeness (QED) is 0.773. The van der Waals surface area contributed by atoms with E-state index in [1.807, 2.05) is 42.5 Å². The summed E-state index contributed by atoms with van der Waals surface area (Å²) in [6.45, 7) is 0. The standard InChI is InChI=1S/C12H12N2O/c1-15-14-12-11(8-5-9-13-12)10-6-3-2-4-7-10/h2-9H,1H3,(H,13,14). The van der Waals surface area contributed by atoms with Gasteiger partial charge >= 0.3 is 0 Å². The molecule has 15 heavy (non-hydrogen) atoms. The van der Waals surface area contributed by atoms with E-state index in [-0.39, 0.29) is 0 Å². The molecule has 76 valence electrons. The van der Waals surface area contributed by atoms with Gasteiger partial charge < -0.3 is 0 Å². The van der Waals surface area contributed by atoms with Crippen molar-refractivity contribution in [3.05, 3.63) is 48.7 Å². The third-order valence-electron chi connectivity index (χ3n) is 2.09. The molecule has 0 spiro atoms. The maximum Gasteiger partial charge on any atom is 0.157 e. The normalized spacial score (nSPS) is 9.93. The van der Waals surface area contributed by atoms with E-state index in [4.69, 9.17) is 4.84 Å². The van der Waals surface area contributed by atoms with Crippen LogP contribution in [0.1, 0.15) is 0 Å². The zero-order chi connectivity index (χ0) is 10.5. The number of nitrogens with zero attached hydrogens (tertiary/aromatic N) is 1. The monoisotopic (exact) mass is 200 g/mol. The van der Waals surface area contributed by atoms with Gasteiger partial charge in [-0.05, 0) is 17.7 Å². The molecule has 0 atom stereocenters. The van der Waals surface area contributed by atoms with Gasteiger partial charge in [-0.2, -0.15) is 0 Å². The number of hydrogen-bond donors (Lipinski definition) is 1. The van der Waals surface area contributed by atoms with Gasteiger partial charge in [-0.15, -0.1) is 0 Å². The van der Waals surface area contributed by atoms with Gasteiger partial charge in [0.1, 0.15) is 0 Å². The largest absolute Gasteiger partial charge is 0.278 e. The minimum atomic E-state index is 0.728. The third-order valence-corrected chi connectivity index (χ3v) is 2.09. The molecule has 0 aliphatic heterocycles. The fraction of sp³-hybridized carbons (Fsp3) is 0.0833. The van der Waals surface area contributed by atoms with E-state index in [1.165, 1.54) is 0 Å². The first-order valence-corrected chi connectivity index (χ1v) is 4.71. The molecular formula is C12H12N2O. The number of pyridine rings is 1. The van der Waals surface area contributed by atoms with Crippen LogP contribution in [-0.4, -0.2) is 12.1 Å². The number of nitrogens with one attached hydrogen (secondary N) is 1. The lowest BCUT2D eigenvalue weighted by Gasteiger charge is -2.08. The summed E-state index contributed by atoms with van der Waals surface area (Å²) in [4.78, 5) is 9.09. The van der Waals surface area contributed by atoms with Crippen LogP contribution in [0.25, 0.3) is 11.1 Å². The van der Waals surface area contributed by atoms with Crippen LogP contribution in [0.5, 0.6) is 0 Å². The summed E-state index contributed by atoms with van der Waals surface area (Å²) in [6.07, 6.45) is 1.73. The van der Waals surface area contributed by atoms with Gasteiger partial charge in [-0.3, -0.25) is 4.84 Å². The van der Waals surface area contributed by atoms with Crippen molar-refractivity contribution in [2.45, 2.75) is 0 Å². The molecule has 2 aromatic rings. The van der Waals surface area contributed by atoms with Crippen molar-refractivity contribution in [2.75, 3.05) is 12.6 Å². The summed E-state index contributed by atoms with van der Waals surface area (Å²) in [5, 5.41) is 0. The predicted octanol–water partition coefficient (Wildman–Crippen LogP) is 2.72. The van der Waals surface area contributed by atoms with Crippen LogP contribution in [0.4, 0.5) is 5.82 Å². The molecule has 1 heterocycles. The summed E-state index contributed by atoms with van der Waals surface area (Å²) in [7, 11) is 1.57. The number of anilines is 1. The molecule has 0 radical (unpaired) electrons. The molecule has 1 N–H and O–H groups in total. The van der Waals surface area contributed by atoms with Gasteiger partial charge in [-0.25, -0.2) is 10.5 Å². The highest BCUT2D eigenvalue weighted by atomic mass is 16.6. The van der Waals surface area contributed by atoms with Crippen LogP contribution in [0.2, 0.25) is 0 Å². The second-order valence-electron chi connectivity index (χ2n) is 3.07. The van der Waals surface area contributed by atoms with Gasteiger partial charge in [-0.1, -0.05) is 30.3 Å². The van der Waals surface area contributed by atoms with Crippen LogP contribution in [0.3, 0.4) is 0 Å². The van der Waals surface area contributed by atoms with Crippen molar-refractivity contribution in [1.82, 2.24) is 4.98 Å². The lowest BCUT2D eigenvalue weighted by Crippen LogP contribution is -1.99. The maximum absolute atomic E-state index is 4.88. The summed E-state index contributed by atoms with van der Waals surface area (Å²) >= 11 is 0. The summed E-state index contributed by atoms with van der Waals surface area (Å²) in [5.74, 6) is 0.728. The number of hydrogen-bond acceptors (Lipinski definition) is 3. The van der Waals surface area contributed by atoms with E-state index in [1.54, 1.807) is 13.3 Å². The van der Waals surface area contributed by atoms with Crippen LogP contribution < -0.4 is 5.48 Å². The number of rotatable bonds is 3. The number of benzene rings is 1. The first-order chi connectivity index (χ1) is 7.42. The Kier molecular flexibility index (Phi) is 2.95. The Bertz CT molecular complexity index is 429. The molecule has 0 saturated carbocycles. The van der Waals surface area contributed by atoms with E-state index < -0.39 is 0 Å². The zero-order valence-electron chi connectivity index (χ0n) is 8.47. The molecule has 0 aliphatic carbocycles. The van der Waals surface area contributed by atoms with Gasteiger partial charge in [0.2, 0.25) is 0 Å². The molecule has 1 aromatic heterocycles. The third kappa shape index (κ3) is 2.14. The van der Waals surface area contributed by atoms with Crippen molar-refractivity contribution in [2.24, 2.45) is 0 Å². The summed E-state index contributed by atoms with van der Waals surface area (Å²) < 4.78 is 0. The van der Waals surface area contributed by atoms with E-state index in [9.17, 15) is 0 Å². The Balaban J connectivity index is 2.43. The van der Waals surface area contributed by atoms with E-state index in [2.05, 4.69) is 10.5 Å². The highest BCUT2D eigenvalue weighted by molar-refractivity contribution is 5.74. The highest BCUT2D eigenvalue weighted by Crippen LogP contribution is 2.25. The fourth-order valence-electron chi connectivity index (χ4n) is 1.43.